The van der Waals surface area contributed by atoms with Crippen LogP contribution in [0.3, 0.4) is 0 Å². The van der Waals surface area contributed by atoms with Gasteiger partial charge in [0.1, 0.15) is 6.04 Å². The minimum Gasteiger partial charge on any atom is -0.480 e. The number of carbonyl (C=O) groups is 2. The number of non-ortho nitro benzene ring substituents is 2. The lowest BCUT2D eigenvalue weighted by molar-refractivity contribution is -0.394. The molecule has 0 saturated carbocycles. The van der Waals surface area contributed by atoms with Crippen LogP contribution in [0.25, 0.3) is 0 Å². The van der Waals surface area contributed by atoms with Crippen LogP contribution in [-0.4, -0.2) is 32.9 Å². The minimum absolute atomic E-state index is 0.165. The van der Waals surface area contributed by atoms with Crippen LogP contribution in [0.1, 0.15) is 30.1 Å². The molecule has 2 N–H and O–H groups in total. The van der Waals surface area contributed by atoms with Crippen LogP contribution in [0.2, 0.25) is 0 Å². The van der Waals surface area contributed by atoms with Gasteiger partial charge < -0.3 is 10.4 Å². The van der Waals surface area contributed by atoms with Crippen LogP contribution in [0.5, 0.6) is 0 Å². The summed E-state index contributed by atoms with van der Waals surface area (Å²) in [6, 6.07) is 1.26. The van der Waals surface area contributed by atoms with Gasteiger partial charge in [-0.2, -0.15) is 0 Å². The summed E-state index contributed by atoms with van der Waals surface area (Å²) in [6.07, 6.45) is 0.657. The second-order valence-corrected chi connectivity index (χ2v) is 4.41. The predicted octanol–water partition coefficient (Wildman–Crippen LogP) is 1.49. The number of carbonyl (C=O) groups excluding carboxylic acids is 1. The van der Waals surface area contributed by atoms with Crippen molar-refractivity contribution in [2.45, 2.75) is 25.8 Å². The van der Waals surface area contributed by atoms with E-state index >= 15 is 0 Å². The van der Waals surface area contributed by atoms with Crippen molar-refractivity contribution >= 4 is 23.3 Å². The van der Waals surface area contributed by atoms with Gasteiger partial charge in [-0.05, 0) is 6.42 Å². The van der Waals surface area contributed by atoms with Crippen LogP contribution in [0.15, 0.2) is 18.2 Å². The van der Waals surface area contributed by atoms with E-state index in [2.05, 4.69) is 5.32 Å². The van der Waals surface area contributed by atoms with Crippen molar-refractivity contribution in [2.24, 2.45) is 0 Å². The average molecular weight is 311 g/mol. The molecule has 0 spiro atoms. The number of hydrogen-bond donors (Lipinski definition) is 2. The van der Waals surface area contributed by atoms with Crippen LogP contribution in [0, 0.1) is 20.2 Å². The summed E-state index contributed by atoms with van der Waals surface area (Å²) in [6.45, 7) is 1.72. The highest BCUT2D eigenvalue weighted by Crippen LogP contribution is 2.22. The molecule has 1 amide bonds. The molecule has 22 heavy (non-hydrogen) atoms. The first-order valence-corrected chi connectivity index (χ1v) is 6.23. The van der Waals surface area contributed by atoms with Crippen molar-refractivity contribution in [3.05, 3.63) is 44.0 Å². The Kier molecular flexibility index (Phi) is 5.50. The van der Waals surface area contributed by atoms with Crippen molar-refractivity contribution in [3.8, 4) is 0 Å². The standard InChI is InChI=1S/C12H13N3O7/c1-2-3-10(12(17)18)13-11(16)7-4-8(14(19)20)6-9(5-7)15(21)22/h4-6,10H,2-3H2,1H3,(H,13,16)(H,17,18)/t10-/m0/s1. The van der Waals surface area contributed by atoms with E-state index in [4.69, 9.17) is 5.11 Å². The first-order valence-electron chi connectivity index (χ1n) is 6.23. The van der Waals surface area contributed by atoms with Crippen LogP contribution in [0.4, 0.5) is 11.4 Å². The number of nitro benzene ring substituents is 2. The van der Waals surface area contributed by atoms with Crippen LogP contribution in [-0.2, 0) is 4.79 Å². The largest absolute Gasteiger partial charge is 0.480 e. The molecule has 0 bridgehead atoms. The highest BCUT2D eigenvalue weighted by Gasteiger charge is 2.23. The normalized spacial score (nSPS) is 11.5. The third kappa shape index (κ3) is 4.23. The van der Waals surface area contributed by atoms with Crippen molar-refractivity contribution in [1.29, 1.82) is 0 Å². The molecular weight excluding hydrogens is 298 g/mol. The zero-order valence-electron chi connectivity index (χ0n) is 11.5. The third-order valence-corrected chi connectivity index (χ3v) is 2.77. The minimum atomic E-state index is -1.25. The number of rotatable bonds is 7. The Labute approximate surface area is 124 Å². The monoisotopic (exact) mass is 311 g/mol. The van der Waals surface area contributed by atoms with Gasteiger partial charge in [-0.15, -0.1) is 0 Å². The van der Waals surface area contributed by atoms with Crippen LogP contribution < -0.4 is 5.32 Å². The van der Waals surface area contributed by atoms with Crippen molar-refractivity contribution in [2.75, 3.05) is 0 Å². The van der Waals surface area contributed by atoms with Crippen LogP contribution >= 0.6 is 0 Å². The number of benzene rings is 1. The van der Waals surface area contributed by atoms with E-state index in [1.165, 1.54) is 0 Å². The molecule has 0 aliphatic rings. The summed E-state index contributed by atoms with van der Waals surface area (Å²) in [5.41, 5.74) is -1.59. The zero-order chi connectivity index (χ0) is 16.9. The highest BCUT2D eigenvalue weighted by atomic mass is 16.6. The summed E-state index contributed by atoms with van der Waals surface area (Å²) in [7, 11) is 0. The second-order valence-electron chi connectivity index (χ2n) is 4.41. The quantitative estimate of drug-likeness (QED) is 0.571. The lowest BCUT2D eigenvalue weighted by atomic mass is 10.1. The number of nitrogens with zero attached hydrogens (tertiary/aromatic N) is 2. The molecule has 10 nitrogen and oxygen atoms in total. The summed E-state index contributed by atoms with van der Waals surface area (Å²) in [4.78, 5) is 42.7. The smallest absolute Gasteiger partial charge is 0.326 e. The summed E-state index contributed by atoms with van der Waals surface area (Å²) < 4.78 is 0. The second kappa shape index (κ2) is 7.11. The van der Waals surface area contributed by atoms with Gasteiger partial charge in [-0.25, -0.2) is 4.79 Å². The summed E-state index contributed by atoms with van der Waals surface area (Å²) in [5, 5.41) is 32.6. The van der Waals surface area contributed by atoms with Crippen molar-refractivity contribution in [1.82, 2.24) is 5.32 Å². The molecule has 10 heteroatoms. The summed E-state index contributed by atoms with van der Waals surface area (Å²) >= 11 is 0. The molecule has 0 aliphatic carbocycles. The van der Waals surface area contributed by atoms with Crippen molar-refractivity contribution < 1.29 is 24.5 Å². The van der Waals surface area contributed by atoms with Gasteiger partial charge in [-0.3, -0.25) is 25.0 Å². The number of amides is 1. The SMILES string of the molecule is CCC[C@H](NC(=O)c1cc([N+](=O)[O-])cc([N+](=O)[O-])c1)C(=O)O. The Hall–Kier alpha value is -3.04. The first kappa shape index (κ1) is 17.0. The number of carboxylic acids is 1. The number of carboxylic acid groups (broad SMARTS) is 1. The van der Waals surface area contributed by atoms with E-state index in [1.54, 1.807) is 6.92 Å². The molecule has 0 fully saturated rings. The molecule has 0 unspecified atom stereocenters. The first-order chi connectivity index (χ1) is 10.3. The molecule has 1 atom stereocenters. The molecule has 0 aliphatic heterocycles. The number of nitrogens with one attached hydrogen (secondary N) is 1. The fraction of sp³-hybridized carbons (Fsp3) is 0.333. The van der Waals surface area contributed by atoms with E-state index in [0.29, 0.717) is 6.42 Å². The zero-order valence-corrected chi connectivity index (χ0v) is 11.5. The Morgan fingerprint density at radius 1 is 1.18 bits per heavy atom. The Morgan fingerprint density at radius 2 is 1.68 bits per heavy atom. The number of hydrogen-bond acceptors (Lipinski definition) is 6. The molecule has 0 heterocycles. The van der Waals surface area contributed by atoms with Crippen molar-refractivity contribution in [3.63, 3.8) is 0 Å². The summed E-state index contributed by atoms with van der Waals surface area (Å²) in [5.74, 6) is -2.18. The Bertz CT molecular complexity index is 597. The van der Waals surface area contributed by atoms with E-state index in [9.17, 15) is 29.8 Å². The molecular formula is C12H13N3O7. The Balaban J connectivity index is 3.13. The number of aliphatic carboxylic acids is 1. The van der Waals surface area contributed by atoms with E-state index in [0.717, 1.165) is 18.2 Å². The number of nitro groups is 2. The van der Waals surface area contributed by atoms with Gasteiger partial charge in [0.25, 0.3) is 17.3 Å². The lowest BCUT2D eigenvalue weighted by Crippen LogP contribution is -2.40. The topological polar surface area (TPSA) is 153 Å². The maximum absolute atomic E-state index is 12.0. The third-order valence-electron chi connectivity index (χ3n) is 2.77. The van der Waals surface area contributed by atoms with Gasteiger partial charge in [0.2, 0.25) is 0 Å². The molecule has 0 radical (unpaired) electrons. The predicted molar refractivity (Wildman–Crippen MR) is 73.5 cm³/mol. The van der Waals surface area contributed by atoms with E-state index in [1.807, 2.05) is 0 Å². The molecule has 1 aromatic rings. The highest BCUT2D eigenvalue weighted by molar-refractivity contribution is 5.97. The van der Waals surface area contributed by atoms with Gasteiger partial charge in [-0.1, -0.05) is 13.3 Å². The maximum Gasteiger partial charge on any atom is 0.326 e. The molecule has 118 valence electrons. The average Bonchev–Trinajstić information content (AvgIpc) is 2.45. The maximum atomic E-state index is 12.0. The van der Waals surface area contributed by atoms with Gasteiger partial charge in [0.05, 0.1) is 21.5 Å². The van der Waals surface area contributed by atoms with E-state index < -0.39 is 39.1 Å². The molecule has 0 saturated heterocycles. The lowest BCUT2D eigenvalue weighted by Gasteiger charge is -2.13. The molecule has 1 rings (SSSR count). The fourth-order valence-electron chi connectivity index (χ4n) is 1.72. The fourth-order valence-corrected chi connectivity index (χ4v) is 1.72. The molecule has 1 aromatic carbocycles. The van der Waals surface area contributed by atoms with Gasteiger partial charge >= 0.3 is 5.97 Å². The Morgan fingerprint density at radius 3 is 2.05 bits per heavy atom. The van der Waals surface area contributed by atoms with Gasteiger partial charge in [0.15, 0.2) is 0 Å². The molecule has 0 aromatic heterocycles. The van der Waals surface area contributed by atoms with E-state index in [-0.39, 0.29) is 12.0 Å². The van der Waals surface area contributed by atoms with Gasteiger partial charge in [0, 0.05) is 12.1 Å².